The molecule has 1 saturated heterocycles. The molecule has 9 nitrogen and oxygen atoms in total. The first kappa shape index (κ1) is 35.2. The van der Waals surface area contributed by atoms with E-state index < -0.39 is 17.0 Å². The molecule has 1 heterocycles. The third kappa shape index (κ3) is 13.1. The number of hydrogen-bond acceptors (Lipinski definition) is 6. The highest BCUT2D eigenvalue weighted by molar-refractivity contribution is 7.86. The van der Waals surface area contributed by atoms with Gasteiger partial charge in [-0.3, -0.25) is 4.90 Å². The van der Waals surface area contributed by atoms with Gasteiger partial charge in [-0.25, -0.2) is 13.8 Å². The van der Waals surface area contributed by atoms with Gasteiger partial charge in [-0.1, -0.05) is 77.3 Å². The molecule has 0 spiro atoms. The standard InChI is InChI=1S/C20H35N3O4S.C8H10O2/c1-7-18(28(26)22(6)25)17(20(4,5)8-2)11-10-13-23(9-3)14-12-16-15-21-19(24)27-16;1-3-4-5-6-7(2)8(9)10/h7,10-11,16,25H,1,8-9,12-15H2,2-6H3,(H,21,24);3-6H,2H2,1H3,(H,9,10)/b11-10+,18-17-;4-3-,6-5-. The molecule has 38 heavy (non-hydrogen) atoms. The summed E-state index contributed by atoms with van der Waals surface area (Å²) in [6.07, 6.45) is 13.4. The number of nitrogens with zero attached hydrogens (tertiary/aromatic N) is 2. The highest BCUT2D eigenvalue weighted by atomic mass is 32.2. The van der Waals surface area contributed by atoms with Gasteiger partial charge in [-0.15, -0.1) is 4.47 Å². The van der Waals surface area contributed by atoms with Crippen LogP contribution in [0.1, 0.15) is 47.5 Å². The molecule has 1 aliphatic rings. The molecular formula is C28H45N3O6S. The normalized spacial score (nSPS) is 17.4. The topological polar surface area (TPSA) is 119 Å². The molecule has 0 bridgehead atoms. The molecule has 0 aromatic carbocycles. The van der Waals surface area contributed by atoms with Crippen LogP contribution in [-0.4, -0.2) is 75.3 Å². The maximum atomic E-state index is 12.5. The Morgan fingerprint density at radius 2 is 1.95 bits per heavy atom. The zero-order valence-corrected chi connectivity index (χ0v) is 24.4. The number of allylic oxidation sites excluding steroid dienone is 6. The predicted octanol–water partition coefficient (Wildman–Crippen LogP) is 4.98. The van der Waals surface area contributed by atoms with E-state index in [-0.39, 0.29) is 23.2 Å². The second kappa shape index (κ2) is 18.5. The molecule has 1 aliphatic heterocycles. The quantitative estimate of drug-likeness (QED) is 0.149. The Morgan fingerprint density at radius 1 is 1.29 bits per heavy atom. The van der Waals surface area contributed by atoms with Gasteiger partial charge in [0.2, 0.25) is 0 Å². The van der Waals surface area contributed by atoms with Crippen molar-refractivity contribution in [2.75, 3.05) is 33.2 Å². The van der Waals surface area contributed by atoms with Gasteiger partial charge in [0.05, 0.1) is 17.0 Å². The maximum absolute atomic E-state index is 12.5. The highest BCUT2D eigenvalue weighted by Crippen LogP contribution is 2.35. The Kier molecular flexibility index (Phi) is 17.1. The first-order chi connectivity index (χ1) is 17.8. The third-order valence-corrected chi connectivity index (χ3v) is 7.22. The van der Waals surface area contributed by atoms with E-state index in [1.54, 1.807) is 18.2 Å². The summed E-state index contributed by atoms with van der Waals surface area (Å²) in [5.74, 6) is -0.985. The SMILES string of the molecule is C=C(/C=C\C=C/C)C(=O)O.C=C/C(=C(\C=C\CN(CC)CCC1CNC(=O)O1)C(C)(C)CC)S(=O)N(C)O. The van der Waals surface area contributed by atoms with Crippen molar-refractivity contribution in [3.05, 3.63) is 71.7 Å². The van der Waals surface area contributed by atoms with Crippen molar-refractivity contribution in [2.24, 2.45) is 5.41 Å². The largest absolute Gasteiger partial charge is 0.478 e. The monoisotopic (exact) mass is 551 g/mol. The summed E-state index contributed by atoms with van der Waals surface area (Å²) >= 11 is 0. The number of nitrogens with one attached hydrogen (secondary N) is 1. The fraction of sp³-hybridized carbons (Fsp3) is 0.500. The fourth-order valence-electron chi connectivity index (χ4n) is 3.22. The molecule has 3 N–H and O–H groups in total. The summed E-state index contributed by atoms with van der Waals surface area (Å²) in [6, 6.07) is 0. The molecular weight excluding hydrogens is 506 g/mol. The van der Waals surface area contributed by atoms with Crippen molar-refractivity contribution in [1.29, 1.82) is 0 Å². The Morgan fingerprint density at radius 3 is 2.39 bits per heavy atom. The summed E-state index contributed by atoms with van der Waals surface area (Å²) in [6.45, 7) is 20.3. The number of carboxylic acid groups (broad SMARTS) is 1. The van der Waals surface area contributed by atoms with E-state index >= 15 is 0 Å². The minimum Gasteiger partial charge on any atom is -0.478 e. The molecule has 2 atom stereocenters. The molecule has 2 unspecified atom stereocenters. The van der Waals surface area contributed by atoms with E-state index in [1.165, 1.54) is 13.1 Å². The second-order valence-electron chi connectivity index (χ2n) is 9.14. The van der Waals surface area contributed by atoms with Gasteiger partial charge >= 0.3 is 12.1 Å². The molecule has 0 saturated carbocycles. The molecule has 0 radical (unpaired) electrons. The number of carbonyl (C=O) groups excluding carboxylic acids is 1. The van der Waals surface area contributed by atoms with Crippen molar-refractivity contribution < 1.29 is 28.8 Å². The van der Waals surface area contributed by atoms with Crippen molar-refractivity contribution in [1.82, 2.24) is 14.7 Å². The summed E-state index contributed by atoms with van der Waals surface area (Å²) in [4.78, 5) is 24.0. The van der Waals surface area contributed by atoms with Crippen LogP contribution in [0.4, 0.5) is 4.79 Å². The van der Waals surface area contributed by atoms with E-state index in [0.717, 1.165) is 38.0 Å². The van der Waals surface area contributed by atoms with E-state index in [0.29, 0.717) is 15.9 Å². The van der Waals surface area contributed by atoms with Gasteiger partial charge in [-0.05, 0) is 43.4 Å². The zero-order valence-electron chi connectivity index (χ0n) is 23.6. The van der Waals surface area contributed by atoms with Crippen LogP contribution in [-0.2, 0) is 20.5 Å². The van der Waals surface area contributed by atoms with E-state index in [4.69, 9.17) is 9.84 Å². The van der Waals surface area contributed by atoms with Crippen LogP contribution in [0.25, 0.3) is 0 Å². The Labute approximate surface area is 230 Å². The number of ether oxygens (including phenoxy) is 1. The minimum atomic E-state index is -1.68. The first-order valence-corrected chi connectivity index (χ1v) is 13.7. The fourth-order valence-corrected chi connectivity index (χ4v) is 4.18. The number of hydrogen-bond donors (Lipinski definition) is 3. The number of carbonyl (C=O) groups is 2. The van der Waals surface area contributed by atoms with Crippen LogP contribution in [0, 0.1) is 5.41 Å². The van der Waals surface area contributed by atoms with E-state index in [9.17, 15) is 19.0 Å². The van der Waals surface area contributed by atoms with Gasteiger partial charge in [0, 0.05) is 20.1 Å². The zero-order chi connectivity index (χ0) is 29.3. The van der Waals surface area contributed by atoms with Gasteiger partial charge in [-0.2, -0.15) is 0 Å². The molecule has 1 amide bonds. The van der Waals surface area contributed by atoms with E-state index in [2.05, 4.69) is 51.1 Å². The Balaban J connectivity index is 0.00000115. The minimum absolute atomic E-state index is 0.0742. The van der Waals surface area contributed by atoms with Crippen LogP contribution in [0.2, 0.25) is 0 Å². The van der Waals surface area contributed by atoms with Crippen molar-refractivity contribution in [3.63, 3.8) is 0 Å². The number of aliphatic carboxylic acids is 1. The van der Waals surface area contributed by atoms with Gasteiger partial charge in [0.1, 0.15) is 6.10 Å². The predicted molar refractivity (Wildman–Crippen MR) is 154 cm³/mol. The summed E-state index contributed by atoms with van der Waals surface area (Å²) in [5.41, 5.74) is 0.777. The number of hydroxylamine groups is 1. The molecule has 0 aliphatic carbocycles. The molecule has 10 heteroatoms. The molecule has 0 aromatic heterocycles. The maximum Gasteiger partial charge on any atom is 0.407 e. The van der Waals surface area contributed by atoms with Crippen LogP contribution in [0.3, 0.4) is 0 Å². The van der Waals surface area contributed by atoms with Crippen molar-refractivity contribution in [2.45, 2.75) is 53.6 Å². The lowest BCUT2D eigenvalue weighted by atomic mass is 9.81. The average Bonchev–Trinajstić information content (AvgIpc) is 3.30. The van der Waals surface area contributed by atoms with Gasteiger partial charge in [0.15, 0.2) is 11.0 Å². The van der Waals surface area contributed by atoms with Crippen molar-refractivity contribution >= 4 is 23.0 Å². The number of likely N-dealkylation sites (N-methyl/N-ethyl adjacent to an activating group) is 1. The summed E-state index contributed by atoms with van der Waals surface area (Å²) in [5, 5.41) is 20.6. The number of alkyl carbamates (subject to hydrolysis) is 1. The van der Waals surface area contributed by atoms with Crippen LogP contribution in [0.15, 0.2) is 71.7 Å². The molecule has 214 valence electrons. The van der Waals surface area contributed by atoms with E-state index in [1.807, 2.05) is 25.2 Å². The van der Waals surface area contributed by atoms with Crippen LogP contribution < -0.4 is 5.32 Å². The lowest BCUT2D eigenvalue weighted by Crippen LogP contribution is -2.28. The Hall–Kier alpha value is -2.79. The van der Waals surface area contributed by atoms with Crippen LogP contribution >= 0.6 is 0 Å². The highest BCUT2D eigenvalue weighted by Gasteiger charge is 2.26. The molecule has 1 fully saturated rings. The molecule has 1 rings (SSSR count). The number of rotatable bonds is 15. The second-order valence-corrected chi connectivity index (χ2v) is 10.6. The number of carboxylic acids is 1. The van der Waals surface area contributed by atoms with Crippen molar-refractivity contribution in [3.8, 4) is 0 Å². The van der Waals surface area contributed by atoms with Gasteiger partial charge < -0.3 is 20.4 Å². The van der Waals surface area contributed by atoms with Crippen LogP contribution in [0.5, 0.6) is 0 Å². The lowest BCUT2D eigenvalue weighted by molar-refractivity contribution is -0.132. The summed E-state index contributed by atoms with van der Waals surface area (Å²) < 4.78 is 18.4. The Bertz CT molecular complexity index is 950. The van der Waals surface area contributed by atoms with Gasteiger partial charge in [0.25, 0.3) is 0 Å². The average molecular weight is 552 g/mol. The third-order valence-electron chi connectivity index (χ3n) is 5.98. The first-order valence-electron chi connectivity index (χ1n) is 12.6. The lowest BCUT2D eigenvalue weighted by Gasteiger charge is -2.27. The number of amides is 1. The molecule has 0 aromatic rings. The summed E-state index contributed by atoms with van der Waals surface area (Å²) in [7, 11) is -0.318. The number of cyclic esters (lactones) is 1. The smallest absolute Gasteiger partial charge is 0.407 e.